The van der Waals surface area contributed by atoms with Crippen LogP contribution >= 0.6 is 24.0 Å². The zero-order valence-electron chi connectivity index (χ0n) is 16.3. The van der Waals surface area contributed by atoms with Crippen molar-refractivity contribution in [3.05, 3.63) is 65.2 Å². The van der Waals surface area contributed by atoms with E-state index in [1.165, 1.54) is 12.1 Å². The van der Waals surface area contributed by atoms with Gasteiger partial charge in [0, 0.05) is 25.7 Å². The number of aliphatic imine (C=N–C) groups is 1. The maximum absolute atomic E-state index is 12.6. The Kier molecular flexibility index (Phi) is 10.8. The number of nitrogens with zero attached hydrogens (tertiary/aromatic N) is 1. The summed E-state index contributed by atoms with van der Waals surface area (Å²) in [5.41, 5.74) is 1.03. The molecule has 2 aromatic rings. The first-order valence-electron chi connectivity index (χ1n) is 8.74. The highest BCUT2D eigenvalue weighted by Gasteiger charge is 2.29. The molecule has 0 aliphatic carbocycles. The third-order valence-electron chi connectivity index (χ3n) is 3.95. The lowest BCUT2D eigenvalue weighted by Gasteiger charge is -2.13. The van der Waals surface area contributed by atoms with Gasteiger partial charge in [0.25, 0.3) is 0 Å². The van der Waals surface area contributed by atoms with Gasteiger partial charge in [-0.1, -0.05) is 30.3 Å². The molecule has 2 aromatic carbocycles. The largest absolute Gasteiger partial charge is 0.496 e. The number of nitrogens with one attached hydrogen (secondary N) is 2. The number of hydrogen-bond acceptors (Lipinski definition) is 3. The van der Waals surface area contributed by atoms with Crippen molar-refractivity contribution in [2.75, 3.05) is 27.3 Å². The maximum Gasteiger partial charge on any atom is 0.416 e. The zero-order valence-corrected chi connectivity index (χ0v) is 18.6. The number of guanidine groups is 1. The molecule has 5 nitrogen and oxygen atoms in total. The Hall–Kier alpha value is -2.01. The van der Waals surface area contributed by atoms with Crippen LogP contribution in [-0.2, 0) is 24.1 Å². The number of alkyl halides is 3. The van der Waals surface area contributed by atoms with Gasteiger partial charge < -0.3 is 20.1 Å². The number of rotatable bonds is 8. The third-order valence-corrected chi connectivity index (χ3v) is 3.95. The Balaban J connectivity index is 0.00000420. The summed E-state index contributed by atoms with van der Waals surface area (Å²) >= 11 is 0. The van der Waals surface area contributed by atoms with Crippen LogP contribution in [0.25, 0.3) is 0 Å². The van der Waals surface area contributed by atoms with Crippen molar-refractivity contribution in [1.29, 1.82) is 0 Å². The first-order chi connectivity index (χ1) is 13.4. The second-order valence-electron chi connectivity index (χ2n) is 5.91. The number of methoxy groups -OCH3 is 1. The van der Waals surface area contributed by atoms with Crippen molar-refractivity contribution >= 4 is 29.9 Å². The van der Waals surface area contributed by atoms with Crippen LogP contribution < -0.4 is 15.4 Å². The second kappa shape index (κ2) is 12.5. The van der Waals surface area contributed by atoms with Crippen LogP contribution in [0.4, 0.5) is 13.2 Å². The van der Waals surface area contributed by atoms with Gasteiger partial charge in [0.1, 0.15) is 5.75 Å². The minimum absolute atomic E-state index is 0. The third kappa shape index (κ3) is 8.48. The van der Waals surface area contributed by atoms with Crippen molar-refractivity contribution in [2.24, 2.45) is 4.99 Å². The number of hydrogen-bond donors (Lipinski definition) is 2. The van der Waals surface area contributed by atoms with E-state index < -0.39 is 11.7 Å². The van der Waals surface area contributed by atoms with E-state index in [4.69, 9.17) is 9.47 Å². The second-order valence-corrected chi connectivity index (χ2v) is 5.91. The predicted molar refractivity (Wildman–Crippen MR) is 118 cm³/mol. The van der Waals surface area contributed by atoms with Gasteiger partial charge in [-0.3, -0.25) is 4.99 Å². The van der Waals surface area contributed by atoms with Crippen molar-refractivity contribution in [3.8, 4) is 5.75 Å². The molecule has 0 aromatic heterocycles. The number of para-hydroxylation sites is 1. The van der Waals surface area contributed by atoms with E-state index in [9.17, 15) is 13.2 Å². The summed E-state index contributed by atoms with van der Waals surface area (Å²) in [4.78, 5) is 4.08. The molecule has 160 valence electrons. The molecule has 0 unspecified atom stereocenters. The SMILES string of the molecule is CN=C(NCCOCc1ccccc1OC)NCc1ccc(C(F)(F)F)cc1.I. The Morgan fingerprint density at radius 2 is 1.72 bits per heavy atom. The molecule has 0 spiro atoms. The smallest absolute Gasteiger partial charge is 0.416 e. The molecular formula is C20H25F3IN3O2. The average molecular weight is 523 g/mol. The van der Waals surface area contributed by atoms with Gasteiger partial charge in [-0.25, -0.2) is 0 Å². The van der Waals surface area contributed by atoms with Gasteiger partial charge in [0.15, 0.2) is 5.96 Å². The van der Waals surface area contributed by atoms with E-state index in [-0.39, 0.29) is 24.0 Å². The molecule has 0 aliphatic heterocycles. The number of halogens is 4. The van der Waals surface area contributed by atoms with Crippen molar-refractivity contribution in [1.82, 2.24) is 10.6 Å². The molecule has 29 heavy (non-hydrogen) atoms. The predicted octanol–water partition coefficient (Wildman–Crippen LogP) is 4.21. The zero-order chi connectivity index (χ0) is 20.4. The Morgan fingerprint density at radius 3 is 2.34 bits per heavy atom. The van der Waals surface area contributed by atoms with Crippen LogP contribution in [0.3, 0.4) is 0 Å². The van der Waals surface area contributed by atoms with Crippen molar-refractivity contribution in [3.63, 3.8) is 0 Å². The van der Waals surface area contributed by atoms with Crippen molar-refractivity contribution < 1.29 is 22.6 Å². The van der Waals surface area contributed by atoms with Crippen LogP contribution in [-0.4, -0.2) is 33.3 Å². The maximum atomic E-state index is 12.6. The van der Waals surface area contributed by atoms with Crippen LogP contribution in [0.15, 0.2) is 53.5 Å². The molecule has 2 rings (SSSR count). The molecule has 2 N–H and O–H groups in total. The monoisotopic (exact) mass is 523 g/mol. The quantitative estimate of drug-likeness (QED) is 0.236. The van der Waals surface area contributed by atoms with E-state index in [1.807, 2.05) is 24.3 Å². The molecule has 0 amide bonds. The fourth-order valence-electron chi connectivity index (χ4n) is 2.46. The minimum atomic E-state index is -4.33. The summed E-state index contributed by atoms with van der Waals surface area (Å²) in [5.74, 6) is 1.32. The molecular weight excluding hydrogens is 498 g/mol. The lowest BCUT2D eigenvalue weighted by molar-refractivity contribution is -0.137. The highest BCUT2D eigenvalue weighted by molar-refractivity contribution is 14.0. The van der Waals surface area contributed by atoms with E-state index >= 15 is 0 Å². The fraction of sp³-hybridized carbons (Fsp3) is 0.350. The van der Waals surface area contributed by atoms with Crippen LogP contribution in [0.5, 0.6) is 5.75 Å². The van der Waals surface area contributed by atoms with Gasteiger partial charge >= 0.3 is 6.18 Å². The minimum Gasteiger partial charge on any atom is -0.496 e. The highest BCUT2D eigenvalue weighted by atomic mass is 127. The molecule has 0 heterocycles. The van der Waals surface area contributed by atoms with Crippen LogP contribution in [0.1, 0.15) is 16.7 Å². The molecule has 0 bridgehead atoms. The number of ether oxygens (including phenoxy) is 2. The molecule has 0 saturated heterocycles. The van der Waals surface area contributed by atoms with Gasteiger partial charge in [-0.05, 0) is 23.8 Å². The van der Waals surface area contributed by atoms with E-state index in [1.54, 1.807) is 14.2 Å². The van der Waals surface area contributed by atoms with Crippen LogP contribution in [0, 0.1) is 0 Å². The van der Waals surface area contributed by atoms with Gasteiger partial charge in [0.2, 0.25) is 0 Å². The fourth-order valence-corrected chi connectivity index (χ4v) is 2.46. The Morgan fingerprint density at radius 1 is 1.03 bits per heavy atom. The average Bonchev–Trinajstić information content (AvgIpc) is 2.70. The number of benzene rings is 2. The summed E-state index contributed by atoms with van der Waals surface area (Å²) < 4.78 is 48.6. The molecule has 0 atom stereocenters. The normalized spacial score (nSPS) is 11.6. The molecule has 0 radical (unpaired) electrons. The summed E-state index contributed by atoms with van der Waals surface area (Å²) in [6.07, 6.45) is -4.33. The first-order valence-corrected chi connectivity index (χ1v) is 8.74. The van der Waals surface area contributed by atoms with E-state index in [0.29, 0.717) is 32.3 Å². The van der Waals surface area contributed by atoms with Gasteiger partial charge in [-0.15, -0.1) is 24.0 Å². The Labute approximate surface area is 185 Å². The molecule has 0 saturated carbocycles. The Bertz CT molecular complexity index is 768. The van der Waals surface area contributed by atoms with E-state index in [2.05, 4.69) is 15.6 Å². The molecule has 9 heteroatoms. The summed E-state index contributed by atoms with van der Waals surface area (Å²) in [5, 5.41) is 6.15. The first kappa shape index (κ1) is 25.0. The molecule has 0 aliphatic rings. The van der Waals surface area contributed by atoms with Crippen LogP contribution in [0.2, 0.25) is 0 Å². The van der Waals surface area contributed by atoms with Gasteiger partial charge in [0.05, 0.1) is 25.9 Å². The van der Waals surface area contributed by atoms with Gasteiger partial charge in [-0.2, -0.15) is 13.2 Å². The summed E-state index contributed by atoms with van der Waals surface area (Å²) in [6, 6.07) is 12.7. The van der Waals surface area contributed by atoms with Crippen molar-refractivity contribution in [2.45, 2.75) is 19.3 Å². The molecule has 0 fully saturated rings. The lowest BCUT2D eigenvalue weighted by Crippen LogP contribution is -2.38. The summed E-state index contributed by atoms with van der Waals surface area (Å²) in [7, 11) is 3.24. The highest BCUT2D eigenvalue weighted by Crippen LogP contribution is 2.29. The lowest BCUT2D eigenvalue weighted by atomic mass is 10.1. The standard InChI is InChI=1S/C20H24F3N3O2.HI/c1-24-19(26-13-15-7-9-17(10-8-15)20(21,22)23)25-11-12-28-14-16-5-3-4-6-18(16)27-2;/h3-10H,11-14H2,1-2H3,(H2,24,25,26);1H. The topological polar surface area (TPSA) is 54.9 Å². The summed E-state index contributed by atoms with van der Waals surface area (Å²) in [6.45, 7) is 1.78. The van der Waals surface area contributed by atoms with E-state index in [0.717, 1.165) is 29.0 Å².